The van der Waals surface area contributed by atoms with E-state index >= 15 is 0 Å². The Morgan fingerprint density at radius 1 is 1.38 bits per heavy atom. The molecule has 1 amide bonds. The van der Waals surface area contributed by atoms with Crippen LogP contribution < -0.4 is 10.9 Å². The summed E-state index contributed by atoms with van der Waals surface area (Å²) in [5.74, 6) is -1.54. The molecule has 0 saturated carbocycles. The fourth-order valence-corrected chi connectivity index (χ4v) is 2.85. The number of nitrogens with one attached hydrogen (secondary N) is 1. The highest BCUT2D eigenvalue weighted by molar-refractivity contribution is 5.90. The van der Waals surface area contributed by atoms with Gasteiger partial charge in [0.2, 0.25) is 5.91 Å². The normalized spacial score (nSPS) is 16.5. The zero-order valence-electron chi connectivity index (χ0n) is 13.2. The summed E-state index contributed by atoms with van der Waals surface area (Å²) in [7, 11) is 0. The lowest BCUT2D eigenvalue weighted by Gasteiger charge is -2.20. The third-order valence-electron chi connectivity index (χ3n) is 4.10. The van der Waals surface area contributed by atoms with Gasteiger partial charge >= 0.3 is 0 Å². The average Bonchev–Trinajstić information content (AvgIpc) is 2.52. The molecule has 0 bridgehead atoms. The van der Waals surface area contributed by atoms with Gasteiger partial charge in [0.1, 0.15) is 18.2 Å². The van der Waals surface area contributed by atoms with E-state index in [2.05, 4.69) is 17.3 Å². The van der Waals surface area contributed by atoms with Crippen molar-refractivity contribution < 1.29 is 13.6 Å². The number of fused-ring (bicyclic) bond motifs is 1. The summed E-state index contributed by atoms with van der Waals surface area (Å²) >= 11 is 0. The van der Waals surface area contributed by atoms with Gasteiger partial charge in [0, 0.05) is 12.1 Å². The molecule has 3 rings (SSSR count). The van der Waals surface area contributed by atoms with Crippen LogP contribution in [0.2, 0.25) is 0 Å². The summed E-state index contributed by atoms with van der Waals surface area (Å²) in [6.07, 6.45) is 2.55. The van der Waals surface area contributed by atoms with Gasteiger partial charge in [-0.3, -0.25) is 9.59 Å². The summed E-state index contributed by atoms with van der Waals surface area (Å²) in [5, 5.41) is 6.50. The summed E-state index contributed by atoms with van der Waals surface area (Å²) < 4.78 is 27.7. The Bertz CT molecular complexity index is 848. The molecule has 1 N–H and O–H groups in total. The Hall–Kier alpha value is -2.57. The van der Waals surface area contributed by atoms with Crippen molar-refractivity contribution in [2.45, 2.75) is 32.7 Å². The van der Waals surface area contributed by atoms with Gasteiger partial charge in [0.25, 0.3) is 5.56 Å². The molecule has 1 atom stereocenters. The fourth-order valence-electron chi connectivity index (χ4n) is 2.85. The molecule has 0 fully saturated rings. The molecule has 1 heterocycles. The third kappa shape index (κ3) is 3.50. The van der Waals surface area contributed by atoms with Gasteiger partial charge in [0.05, 0.1) is 11.4 Å². The van der Waals surface area contributed by atoms with Crippen molar-refractivity contribution in [3.05, 3.63) is 57.5 Å². The summed E-state index contributed by atoms with van der Waals surface area (Å²) in [4.78, 5) is 24.1. The molecule has 0 radical (unpaired) electrons. The maximum atomic E-state index is 13.5. The Balaban J connectivity index is 1.77. The number of hydrogen-bond donors (Lipinski definition) is 1. The number of hydrogen-bond acceptors (Lipinski definition) is 3. The molecule has 1 unspecified atom stereocenters. The predicted octanol–water partition coefficient (Wildman–Crippen LogP) is 2.29. The standard InChI is InChI=1S/C17H17F2N3O2/c1-10-2-5-14-11(6-10)7-17(24)22(21-14)9-16(23)20-15-8-12(18)3-4-13(15)19/h3-4,7-8,10H,2,5-6,9H2,1H3,(H,20,23). The Kier molecular flexibility index (Phi) is 4.42. The first-order valence-electron chi connectivity index (χ1n) is 7.77. The first-order chi connectivity index (χ1) is 11.4. The molecule has 126 valence electrons. The van der Waals surface area contributed by atoms with Gasteiger partial charge in [-0.2, -0.15) is 5.10 Å². The van der Waals surface area contributed by atoms with Crippen LogP contribution in [0.5, 0.6) is 0 Å². The Morgan fingerprint density at radius 3 is 2.96 bits per heavy atom. The lowest BCUT2D eigenvalue weighted by molar-refractivity contribution is -0.117. The summed E-state index contributed by atoms with van der Waals surface area (Å²) in [5.41, 5.74) is 1.10. The molecule has 1 aromatic heterocycles. The van der Waals surface area contributed by atoms with Gasteiger partial charge < -0.3 is 5.32 Å². The molecule has 1 aliphatic carbocycles. The van der Waals surface area contributed by atoms with Gasteiger partial charge in [-0.1, -0.05) is 6.92 Å². The van der Waals surface area contributed by atoms with Crippen molar-refractivity contribution in [3.63, 3.8) is 0 Å². The second-order valence-electron chi connectivity index (χ2n) is 6.13. The van der Waals surface area contributed by atoms with Crippen molar-refractivity contribution in [2.24, 2.45) is 5.92 Å². The van der Waals surface area contributed by atoms with Crippen LogP contribution >= 0.6 is 0 Å². The fraction of sp³-hybridized carbons (Fsp3) is 0.353. The number of benzene rings is 1. The minimum Gasteiger partial charge on any atom is -0.322 e. The Morgan fingerprint density at radius 2 is 2.17 bits per heavy atom. The smallest absolute Gasteiger partial charge is 0.267 e. The van der Waals surface area contributed by atoms with Crippen LogP contribution in [0.15, 0.2) is 29.1 Å². The molecule has 1 aliphatic rings. The number of halogens is 2. The van der Waals surface area contributed by atoms with E-state index in [1.165, 1.54) is 6.07 Å². The SMILES string of the molecule is CC1CCc2nn(CC(=O)Nc3cc(F)ccc3F)c(=O)cc2C1. The molecular formula is C17H17F2N3O2. The summed E-state index contributed by atoms with van der Waals surface area (Å²) in [6.45, 7) is 1.77. The predicted molar refractivity (Wildman–Crippen MR) is 84.7 cm³/mol. The van der Waals surface area contributed by atoms with E-state index in [1.54, 1.807) is 0 Å². The Labute approximate surface area is 137 Å². The minimum absolute atomic E-state index is 0.264. The van der Waals surface area contributed by atoms with Crippen LogP contribution in [0.25, 0.3) is 0 Å². The number of carbonyl (C=O) groups is 1. The van der Waals surface area contributed by atoms with Crippen molar-refractivity contribution >= 4 is 11.6 Å². The quantitative estimate of drug-likeness (QED) is 0.937. The second kappa shape index (κ2) is 6.51. The van der Waals surface area contributed by atoms with E-state index in [0.717, 1.165) is 53.4 Å². The zero-order chi connectivity index (χ0) is 17.3. The third-order valence-corrected chi connectivity index (χ3v) is 4.10. The number of aryl methyl sites for hydroxylation is 1. The topological polar surface area (TPSA) is 64.0 Å². The molecule has 1 aromatic carbocycles. The monoisotopic (exact) mass is 333 g/mol. The lowest BCUT2D eigenvalue weighted by atomic mass is 9.88. The van der Waals surface area contributed by atoms with Crippen molar-refractivity contribution in [1.82, 2.24) is 9.78 Å². The lowest BCUT2D eigenvalue weighted by Crippen LogP contribution is -2.32. The molecular weight excluding hydrogens is 316 g/mol. The second-order valence-corrected chi connectivity index (χ2v) is 6.13. The highest BCUT2D eigenvalue weighted by atomic mass is 19.1. The average molecular weight is 333 g/mol. The number of amides is 1. The van der Waals surface area contributed by atoms with E-state index in [0.29, 0.717) is 5.92 Å². The highest BCUT2D eigenvalue weighted by Crippen LogP contribution is 2.22. The number of anilines is 1. The highest BCUT2D eigenvalue weighted by Gasteiger charge is 2.19. The van der Waals surface area contributed by atoms with Crippen molar-refractivity contribution in [3.8, 4) is 0 Å². The molecule has 0 saturated heterocycles. The van der Waals surface area contributed by atoms with E-state index < -0.39 is 17.5 Å². The van der Waals surface area contributed by atoms with Gasteiger partial charge in [0.15, 0.2) is 0 Å². The number of rotatable bonds is 3. The first-order valence-corrected chi connectivity index (χ1v) is 7.77. The molecule has 7 heteroatoms. The molecule has 24 heavy (non-hydrogen) atoms. The largest absolute Gasteiger partial charge is 0.322 e. The summed E-state index contributed by atoms with van der Waals surface area (Å²) in [6, 6.07) is 4.28. The van der Waals surface area contributed by atoms with Crippen LogP contribution in [0, 0.1) is 17.6 Å². The zero-order valence-corrected chi connectivity index (χ0v) is 13.2. The molecule has 2 aromatic rings. The van der Waals surface area contributed by atoms with Crippen LogP contribution in [-0.2, 0) is 24.2 Å². The van der Waals surface area contributed by atoms with Gasteiger partial charge in [-0.05, 0) is 42.9 Å². The molecule has 0 spiro atoms. The van der Waals surface area contributed by atoms with E-state index in [4.69, 9.17) is 0 Å². The number of carbonyl (C=O) groups excluding carboxylic acids is 1. The molecule has 5 nitrogen and oxygen atoms in total. The van der Waals surface area contributed by atoms with Crippen molar-refractivity contribution in [2.75, 3.05) is 5.32 Å². The van der Waals surface area contributed by atoms with Crippen LogP contribution in [0.4, 0.5) is 14.5 Å². The van der Waals surface area contributed by atoms with Gasteiger partial charge in [-0.25, -0.2) is 13.5 Å². The maximum Gasteiger partial charge on any atom is 0.267 e. The van der Waals surface area contributed by atoms with Crippen LogP contribution in [-0.4, -0.2) is 15.7 Å². The first kappa shape index (κ1) is 16.3. The van der Waals surface area contributed by atoms with E-state index in [-0.39, 0.29) is 17.8 Å². The van der Waals surface area contributed by atoms with E-state index in [1.807, 2.05) is 0 Å². The van der Waals surface area contributed by atoms with E-state index in [9.17, 15) is 18.4 Å². The van der Waals surface area contributed by atoms with Crippen molar-refractivity contribution in [1.29, 1.82) is 0 Å². The van der Waals surface area contributed by atoms with Gasteiger partial charge in [-0.15, -0.1) is 0 Å². The number of aromatic nitrogens is 2. The molecule has 0 aliphatic heterocycles. The van der Waals surface area contributed by atoms with Crippen LogP contribution in [0.3, 0.4) is 0 Å². The number of nitrogens with zero attached hydrogens (tertiary/aromatic N) is 2. The minimum atomic E-state index is -0.746. The van der Waals surface area contributed by atoms with Crippen LogP contribution in [0.1, 0.15) is 24.6 Å². The maximum absolute atomic E-state index is 13.5.